The Balaban J connectivity index is 1.49. The summed E-state index contributed by atoms with van der Waals surface area (Å²) in [6.07, 6.45) is 0.827. The molecule has 2 heterocycles. The van der Waals surface area contributed by atoms with Crippen molar-refractivity contribution >= 4 is 11.7 Å². The fourth-order valence-electron chi connectivity index (χ4n) is 3.71. The van der Waals surface area contributed by atoms with E-state index in [4.69, 9.17) is 4.74 Å². The van der Waals surface area contributed by atoms with Gasteiger partial charge in [-0.1, -0.05) is 17.7 Å². The van der Waals surface area contributed by atoms with Crippen LogP contribution in [-0.4, -0.2) is 53.9 Å². The molecule has 1 saturated heterocycles. The molecule has 160 valence electrons. The van der Waals surface area contributed by atoms with E-state index in [9.17, 15) is 9.59 Å². The van der Waals surface area contributed by atoms with Gasteiger partial charge in [0.2, 0.25) is 0 Å². The molecule has 1 fully saturated rings. The van der Waals surface area contributed by atoms with Crippen molar-refractivity contribution in [3.05, 3.63) is 82.1 Å². The van der Waals surface area contributed by atoms with E-state index in [2.05, 4.69) is 10.00 Å². The molecule has 1 aliphatic heterocycles. The van der Waals surface area contributed by atoms with Crippen LogP contribution in [0.4, 0.5) is 5.82 Å². The lowest BCUT2D eigenvalue weighted by molar-refractivity contribution is 0.0767. The van der Waals surface area contributed by atoms with Crippen LogP contribution in [0.2, 0.25) is 0 Å². The van der Waals surface area contributed by atoms with Gasteiger partial charge in [0.25, 0.3) is 11.5 Å². The second kappa shape index (κ2) is 9.04. The number of aromatic nitrogens is 2. The molecule has 0 radical (unpaired) electrons. The maximum atomic E-state index is 12.9. The normalized spacial score (nSPS) is 14.3. The van der Waals surface area contributed by atoms with E-state index < -0.39 is 0 Å². The van der Waals surface area contributed by atoms with Crippen LogP contribution in [0.3, 0.4) is 0 Å². The number of carbonyl (C=O) groups is 1. The number of nitrogens with zero attached hydrogens (tertiary/aromatic N) is 4. The van der Waals surface area contributed by atoms with Crippen molar-refractivity contribution in [2.24, 2.45) is 0 Å². The molecule has 7 heteroatoms. The maximum absolute atomic E-state index is 12.9. The number of anilines is 1. The SMILES string of the molecule is COc1ccc(C(=O)N2CCCN(c3ccc(=O)n(-c4ccc(C)cc4)n3)CC2)cc1. The molecule has 0 spiro atoms. The monoisotopic (exact) mass is 418 g/mol. The van der Waals surface area contributed by atoms with E-state index in [0.717, 1.165) is 35.8 Å². The van der Waals surface area contributed by atoms with Gasteiger partial charge < -0.3 is 14.5 Å². The largest absolute Gasteiger partial charge is 0.497 e. The molecule has 0 bridgehead atoms. The summed E-state index contributed by atoms with van der Waals surface area (Å²) in [5.41, 5.74) is 2.35. The van der Waals surface area contributed by atoms with Crippen LogP contribution in [0.15, 0.2) is 65.5 Å². The standard InChI is InChI=1S/C24H26N4O3/c1-18-4-8-20(9-5-18)28-23(29)13-12-22(25-28)26-14-3-15-27(17-16-26)24(30)19-6-10-21(31-2)11-7-19/h4-13H,3,14-17H2,1-2H3. The highest BCUT2D eigenvalue weighted by molar-refractivity contribution is 5.94. The highest BCUT2D eigenvalue weighted by Crippen LogP contribution is 2.17. The summed E-state index contributed by atoms with van der Waals surface area (Å²) < 4.78 is 6.60. The molecule has 0 saturated carbocycles. The van der Waals surface area contributed by atoms with Crippen molar-refractivity contribution in [2.75, 3.05) is 38.2 Å². The summed E-state index contributed by atoms with van der Waals surface area (Å²) in [5, 5.41) is 4.60. The van der Waals surface area contributed by atoms with Crippen molar-refractivity contribution in [2.45, 2.75) is 13.3 Å². The number of benzene rings is 2. The van der Waals surface area contributed by atoms with Crippen molar-refractivity contribution in [1.82, 2.24) is 14.7 Å². The Labute approximate surface area is 181 Å². The van der Waals surface area contributed by atoms with Gasteiger partial charge in [-0.25, -0.2) is 0 Å². The molecule has 1 aliphatic rings. The van der Waals surface area contributed by atoms with Gasteiger partial charge in [-0.2, -0.15) is 4.68 Å². The second-order valence-electron chi connectivity index (χ2n) is 7.64. The van der Waals surface area contributed by atoms with Gasteiger partial charge in [0, 0.05) is 37.8 Å². The highest BCUT2D eigenvalue weighted by atomic mass is 16.5. The Morgan fingerprint density at radius 1 is 0.903 bits per heavy atom. The number of methoxy groups -OCH3 is 1. The van der Waals surface area contributed by atoms with Gasteiger partial charge in [0.15, 0.2) is 0 Å². The molecule has 0 N–H and O–H groups in total. The van der Waals surface area contributed by atoms with Crippen LogP contribution in [0.25, 0.3) is 5.69 Å². The Morgan fingerprint density at radius 2 is 1.65 bits per heavy atom. The Kier molecular flexibility index (Phi) is 6.02. The molecule has 2 aromatic carbocycles. The molecule has 0 atom stereocenters. The third-order valence-electron chi connectivity index (χ3n) is 5.51. The predicted octanol–water partition coefficient (Wildman–Crippen LogP) is 2.90. The van der Waals surface area contributed by atoms with Gasteiger partial charge in [-0.15, -0.1) is 5.10 Å². The van der Waals surface area contributed by atoms with Crippen LogP contribution in [0, 0.1) is 6.92 Å². The van der Waals surface area contributed by atoms with Gasteiger partial charge in [-0.05, 0) is 55.8 Å². The van der Waals surface area contributed by atoms with E-state index >= 15 is 0 Å². The van der Waals surface area contributed by atoms with E-state index in [-0.39, 0.29) is 11.5 Å². The Morgan fingerprint density at radius 3 is 2.35 bits per heavy atom. The van der Waals surface area contributed by atoms with Crippen molar-refractivity contribution in [3.8, 4) is 11.4 Å². The van der Waals surface area contributed by atoms with Crippen molar-refractivity contribution in [3.63, 3.8) is 0 Å². The minimum absolute atomic E-state index is 0.0158. The zero-order valence-electron chi connectivity index (χ0n) is 17.8. The molecule has 7 nitrogen and oxygen atoms in total. The van der Waals surface area contributed by atoms with E-state index in [0.29, 0.717) is 25.2 Å². The molecule has 0 unspecified atom stereocenters. The lowest BCUT2D eigenvalue weighted by atomic mass is 10.2. The Hall–Kier alpha value is -3.61. The maximum Gasteiger partial charge on any atom is 0.271 e. The predicted molar refractivity (Wildman–Crippen MR) is 120 cm³/mol. The average Bonchev–Trinajstić information content (AvgIpc) is 3.06. The van der Waals surface area contributed by atoms with E-state index in [1.165, 1.54) is 4.68 Å². The first-order chi connectivity index (χ1) is 15.0. The first-order valence-electron chi connectivity index (χ1n) is 10.4. The first-order valence-corrected chi connectivity index (χ1v) is 10.4. The zero-order chi connectivity index (χ0) is 21.8. The molecule has 0 aliphatic carbocycles. The third kappa shape index (κ3) is 4.60. The van der Waals surface area contributed by atoms with Gasteiger partial charge in [0.05, 0.1) is 12.8 Å². The quantitative estimate of drug-likeness (QED) is 0.652. The van der Waals surface area contributed by atoms with Gasteiger partial charge in [0.1, 0.15) is 11.6 Å². The third-order valence-corrected chi connectivity index (χ3v) is 5.51. The molecule has 1 amide bonds. The van der Waals surface area contributed by atoms with Crippen molar-refractivity contribution < 1.29 is 9.53 Å². The van der Waals surface area contributed by atoms with Crippen LogP contribution in [0.1, 0.15) is 22.3 Å². The highest BCUT2D eigenvalue weighted by Gasteiger charge is 2.21. The van der Waals surface area contributed by atoms with Crippen LogP contribution < -0.4 is 15.2 Å². The number of ether oxygens (including phenoxy) is 1. The fraction of sp³-hybridized carbons (Fsp3) is 0.292. The molecular formula is C24H26N4O3. The average molecular weight is 418 g/mol. The minimum Gasteiger partial charge on any atom is -0.497 e. The molecule has 4 rings (SSSR count). The molecular weight excluding hydrogens is 392 g/mol. The second-order valence-corrected chi connectivity index (χ2v) is 7.64. The smallest absolute Gasteiger partial charge is 0.271 e. The van der Waals surface area contributed by atoms with Crippen LogP contribution in [-0.2, 0) is 0 Å². The van der Waals surface area contributed by atoms with Gasteiger partial charge >= 0.3 is 0 Å². The lowest BCUT2D eigenvalue weighted by Crippen LogP contribution is -2.36. The molecule has 1 aromatic heterocycles. The summed E-state index contributed by atoms with van der Waals surface area (Å²) in [6, 6.07) is 18.2. The Bertz CT molecular complexity index is 1110. The van der Waals surface area contributed by atoms with Crippen molar-refractivity contribution in [1.29, 1.82) is 0 Å². The summed E-state index contributed by atoms with van der Waals surface area (Å²) in [5.74, 6) is 1.48. The number of amides is 1. The minimum atomic E-state index is -0.168. The summed E-state index contributed by atoms with van der Waals surface area (Å²) in [7, 11) is 1.61. The van der Waals surface area contributed by atoms with Crippen LogP contribution >= 0.6 is 0 Å². The van der Waals surface area contributed by atoms with Crippen LogP contribution in [0.5, 0.6) is 5.75 Å². The molecule has 3 aromatic rings. The zero-order valence-corrected chi connectivity index (χ0v) is 17.8. The fourth-order valence-corrected chi connectivity index (χ4v) is 3.71. The summed E-state index contributed by atoms with van der Waals surface area (Å²) in [6.45, 7) is 4.70. The number of rotatable bonds is 4. The molecule has 31 heavy (non-hydrogen) atoms. The lowest BCUT2D eigenvalue weighted by Gasteiger charge is -2.23. The first kappa shape index (κ1) is 20.7. The van der Waals surface area contributed by atoms with E-state index in [1.807, 2.05) is 36.1 Å². The summed E-state index contributed by atoms with van der Waals surface area (Å²) in [4.78, 5) is 29.3. The van der Waals surface area contributed by atoms with Gasteiger partial charge in [-0.3, -0.25) is 9.59 Å². The van der Waals surface area contributed by atoms with E-state index in [1.54, 1.807) is 43.5 Å². The number of carbonyl (C=O) groups excluding carboxylic acids is 1. The number of hydrogen-bond acceptors (Lipinski definition) is 5. The summed E-state index contributed by atoms with van der Waals surface area (Å²) >= 11 is 0. The number of aryl methyl sites for hydroxylation is 1. The topological polar surface area (TPSA) is 67.7 Å². The number of hydrogen-bond donors (Lipinski definition) is 0.